The van der Waals surface area contributed by atoms with E-state index in [1.165, 1.54) is 5.29 Å². The Hall–Kier alpha value is -1.12. The quantitative estimate of drug-likeness (QED) is 0.691. The van der Waals surface area contributed by atoms with Gasteiger partial charge in [-0.2, -0.15) is 5.26 Å². The molecule has 0 aliphatic heterocycles. The molecular formula is C12H14NP. The minimum Gasteiger partial charge on any atom is -0.192 e. The third-order valence-electron chi connectivity index (χ3n) is 2.43. The summed E-state index contributed by atoms with van der Waals surface area (Å²) in [5.74, 6) is 0.527. The molecule has 1 atom stereocenters. The molecule has 0 aliphatic carbocycles. The molecule has 1 nitrogen and oxygen atoms in total. The van der Waals surface area contributed by atoms with Gasteiger partial charge in [0.05, 0.1) is 11.6 Å². The second kappa shape index (κ2) is 4.94. The molecule has 0 N–H and O–H groups in total. The minimum atomic E-state index is 0.527. The fourth-order valence-electron chi connectivity index (χ4n) is 1.21. The van der Waals surface area contributed by atoms with Crippen molar-refractivity contribution in [2.75, 3.05) is 0 Å². The Bertz CT molecular complexity index is 359. The van der Waals surface area contributed by atoms with Crippen LogP contribution in [0.3, 0.4) is 0 Å². The molecule has 72 valence electrons. The highest BCUT2D eigenvalue weighted by Crippen LogP contribution is 2.14. The van der Waals surface area contributed by atoms with Crippen LogP contribution >= 0.6 is 8.86 Å². The zero-order valence-electron chi connectivity index (χ0n) is 8.54. The summed E-state index contributed by atoms with van der Waals surface area (Å²) in [6.45, 7) is 4.34. The van der Waals surface area contributed by atoms with E-state index in [4.69, 9.17) is 5.26 Å². The van der Waals surface area contributed by atoms with Crippen LogP contribution in [-0.4, -0.2) is 5.29 Å². The standard InChI is InChI=1S/C12H14NP/c1-3-9(2)12(14)11-6-4-10(8-13)5-7-11/h4-7,9,14H,3H2,1-2H3/t9-/m1/s1. The van der Waals surface area contributed by atoms with Crippen molar-refractivity contribution in [1.82, 2.24) is 0 Å². The van der Waals surface area contributed by atoms with E-state index in [2.05, 4.69) is 28.8 Å². The number of nitrogens with zero attached hydrogens (tertiary/aromatic N) is 1. The van der Waals surface area contributed by atoms with Crippen LogP contribution in [0, 0.1) is 17.2 Å². The molecule has 0 aromatic heterocycles. The molecule has 0 aliphatic rings. The average molecular weight is 203 g/mol. The summed E-state index contributed by atoms with van der Waals surface area (Å²) in [6.07, 6.45) is 1.11. The number of hydrogen-bond acceptors (Lipinski definition) is 1. The van der Waals surface area contributed by atoms with Crippen LogP contribution < -0.4 is 0 Å². The monoisotopic (exact) mass is 203 g/mol. The van der Waals surface area contributed by atoms with E-state index in [0.717, 1.165) is 12.0 Å². The van der Waals surface area contributed by atoms with Gasteiger partial charge in [-0.15, -0.1) is 8.86 Å². The van der Waals surface area contributed by atoms with Crippen molar-refractivity contribution < 1.29 is 0 Å². The molecule has 14 heavy (non-hydrogen) atoms. The predicted octanol–water partition coefficient (Wildman–Crippen LogP) is 3.27. The van der Waals surface area contributed by atoms with Crippen molar-refractivity contribution in [3.8, 4) is 6.07 Å². The molecule has 0 fully saturated rings. The van der Waals surface area contributed by atoms with Crippen LogP contribution in [-0.2, 0) is 0 Å². The van der Waals surface area contributed by atoms with Gasteiger partial charge in [0, 0.05) is 0 Å². The van der Waals surface area contributed by atoms with E-state index >= 15 is 0 Å². The summed E-state index contributed by atoms with van der Waals surface area (Å²) in [6, 6.07) is 9.76. The van der Waals surface area contributed by atoms with Crippen LogP contribution in [0.5, 0.6) is 0 Å². The molecular weight excluding hydrogens is 189 g/mol. The molecule has 2 heteroatoms. The maximum atomic E-state index is 8.65. The highest BCUT2D eigenvalue weighted by molar-refractivity contribution is 7.22. The van der Waals surface area contributed by atoms with Gasteiger partial charge in [-0.05, 0) is 35.3 Å². The van der Waals surface area contributed by atoms with Crippen LogP contribution in [0.25, 0.3) is 0 Å². The first-order chi connectivity index (χ1) is 6.69. The third kappa shape index (κ3) is 2.44. The molecule has 0 unspecified atom stereocenters. The molecule has 0 saturated heterocycles. The van der Waals surface area contributed by atoms with Crippen molar-refractivity contribution >= 4 is 14.2 Å². The third-order valence-corrected chi connectivity index (χ3v) is 3.21. The number of rotatable bonds is 3. The van der Waals surface area contributed by atoms with Crippen LogP contribution in [0.15, 0.2) is 24.3 Å². The van der Waals surface area contributed by atoms with Crippen LogP contribution in [0.1, 0.15) is 31.4 Å². The summed E-state index contributed by atoms with van der Waals surface area (Å²) in [5, 5.41) is 9.86. The van der Waals surface area contributed by atoms with Crippen molar-refractivity contribution in [1.29, 1.82) is 5.26 Å². The van der Waals surface area contributed by atoms with Crippen molar-refractivity contribution in [3.05, 3.63) is 35.4 Å². The summed E-state index contributed by atoms with van der Waals surface area (Å²) < 4.78 is 0. The number of nitriles is 1. The Morgan fingerprint density at radius 2 is 2.00 bits per heavy atom. The average Bonchev–Trinajstić information content (AvgIpc) is 2.27. The lowest BCUT2D eigenvalue weighted by Gasteiger charge is -2.11. The first-order valence-electron chi connectivity index (χ1n) is 4.78. The van der Waals surface area contributed by atoms with Gasteiger partial charge in [-0.3, -0.25) is 0 Å². The lowest BCUT2D eigenvalue weighted by atomic mass is 9.98. The van der Waals surface area contributed by atoms with Crippen molar-refractivity contribution in [2.24, 2.45) is 5.92 Å². The van der Waals surface area contributed by atoms with Gasteiger partial charge in [0.25, 0.3) is 0 Å². The van der Waals surface area contributed by atoms with Crippen molar-refractivity contribution in [3.63, 3.8) is 0 Å². The fourth-order valence-corrected chi connectivity index (χ4v) is 1.58. The maximum Gasteiger partial charge on any atom is 0.0991 e. The van der Waals surface area contributed by atoms with Gasteiger partial charge in [0.15, 0.2) is 0 Å². The van der Waals surface area contributed by atoms with E-state index in [0.29, 0.717) is 11.5 Å². The first-order valence-corrected chi connectivity index (χ1v) is 5.28. The molecule has 0 heterocycles. The molecule has 0 saturated carbocycles. The lowest BCUT2D eigenvalue weighted by molar-refractivity contribution is 0.750. The Kier molecular flexibility index (Phi) is 3.86. The molecule has 1 aromatic carbocycles. The highest BCUT2D eigenvalue weighted by atomic mass is 31.0. The smallest absolute Gasteiger partial charge is 0.0991 e. The highest BCUT2D eigenvalue weighted by Gasteiger charge is 2.06. The summed E-state index contributed by atoms with van der Waals surface area (Å²) in [4.78, 5) is 0. The molecule has 0 spiro atoms. The Balaban J connectivity index is 2.88. The molecule has 0 amide bonds. The Morgan fingerprint density at radius 3 is 2.43 bits per heavy atom. The maximum absolute atomic E-state index is 8.65. The van der Waals surface area contributed by atoms with E-state index in [1.54, 1.807) is 0 Å². The minimum absolute atomic E-state index is 0.527. The van der Waals surface area contributed by atoms with Gasteiger partial charge in [-0.25, -0.2) is 0 Å². The van der Waals surface area contributed by atoms with E-state index in [1.807, 2.05) is 24.3 Å². The molecule has 0 bridgehead atoms. The topological polar surface area (TPSA) is 23.8 Å². The first kappa shape index (κ1) is 11.0. The summed E-state index contributed by atoms with van der Waals surface area (Å²) >= 11 is 0. The van der Waals surface area contributed by atoms with Gasteiger partial charge in [-0.1, -0.05) is 26.0 Å². The summed E-state index contributed by atoms with van der Waals surface area (Å²) in [7, 11) is 3.64. The predicted molar refractivity (Wildman–Crippen MR) is 63.0 cm³/mol. The Labute approximate surface area is 87.6 Å². The molecule has 1 rings (SSSR count). The van der Waals surface area contributed by atoms with Crippen LogP contribution in [0.4, 0.5) is 0 Å². The zero-order chi connectivity index (χ0) is 10.6. The van der Waals surface area contributed by atoms with E-state index in [9.17, 15) is 0 Å². The van der Waals surface area contributed by atoms with Gasteiger partial charge >= 0.3 is 0 Å². The molecule has 1 aromatic rings. The SMILES string of the molecule is CC[C@@H](C)C(=P)c1ccc(C#N)cc1. The number of benzene rings is 1. The van der Waals surface area contributed by atoms with Crippen molar-refractivity contribution in [2.45, 2.75) is 20.3 Å². The van der Waals surface area contributed by atoms with Gasteiger partial charge in [0.2, 0.25) is 0 Å². The number of hydrogen-bond donors (Lipinski definition) is 0. The largest absolute Gasteiger partial charge is 0.192 e. The summed E-state index contributed by atoms with van der Waals surface area (Å²) in [5.41, 5.74) is 1.87. The Morgan fingerprint density at radius 1 is 1.43 bits per heavy atom. The fraction of sp³-hybridized carbons (Fsp3) is 0.333. The van der Waals surface area contributed by atoms with Gasteiger partial charge in [0.1, 0.15) is 0 Å². The second-order valence-electron chi connectivity index (χ2n) is 3.41. The van der Waals surface area contributed by atoms with Crippen LogP contribution in [0.2, 0.25) is 0 Å². The van der Waals surface area contributed by atoms with Gasteiger partial charge < -0.3 is 0 Å². The normalized spacial score (nSPS) is 11.8. The lowest BCUT2D eigenvalue weighted by Crippen LogP contribution is -2.07. The zero-order valence-corrected chi connectivity index (χ0v) is 9.54. The van der Waals surface area contributed by atoms with E-state index < -0.39 is 0 Å². The van der Waals surface area contributed by atoms with E-state index in [-0.39, 0.29) is 0 Å². The second-order valence-corrected chi connectivity index (χ2v) is 3.95. The molecule has 0 radical (unpaired) electrons.